The first-order valence-corrected chi connectivity index (χ1v) is 13.5. The van der Waals surface area contributed by atoms with Crippen LogP contribution in [0, 0.1) is 0 Å². The molecule has 0 bridgehead atoms. The first-order valence-electron chi connectivity index (χ1n) is 10.7. The third-order valence-corrected chi connectivity index (χ3v) is 6.53. The summed E-state index contributed by atoms with van der Waals surface area (Å²) in [5, 5.41) is 19.1. The van der Waals surface area contributed by atoms with E-state index < -0.39 is 20.2 Å². The fourth-order valence-corrected chi connectivity index (χ4v) is 3.82. The summed E-state index contributed by atoms with van der Waals surface area (Å²) in [5.41, 5.74) is 2.05. The zero-order valence-corrected chi connectivity index (χ0v) is 25.8. The quantitative estimate of drug-likeness (QED) is 0.102. The molecule has 252 valence electrons. The number of aromatic hydroxyl groups is 2. The first-order chi connectivity index (χ1) is 17.9. The van der Waals surface area contributed by atoms with E-state index in [0.29, 0.717) is 22.5 Å². The van der Waals surface area contributed by atoms with Crippen LogP contribution in [0.3, 0.4) is 0 Å². The van der Waals surface area contributed by atoms with Crippen molar-refractivity contribution < 1.29 is 85.5 Å². The van der Waals surface area contributed by atoms with Crippen LogP contribution >= 0.6 is 0 Å². The molecule has 0 fully saturated rings. The predicted molar refractivity (Wildman–Crippen MR) is 169 cm³/mol. The fourth-order valence-electron chi connectivity index (χ4n) is 2.88. The molecule has 0 saturated carbocycles. The Morgan fingerprint density at radius 3 is 1.00 bits per heavy atom. The van der Waals surface area contributed by atoms with Crippen molar-refractivity contribution in [3.05, 3.63) is 108 Å². The van der Waals surface area contributed by atoms with Crippen molar-refractivity contribution in [1.29, 1.82) is 0 Å². The standard InChI is InChI=1S/2C13H11NO4S.Ni.6H2O/c2*15-13-4-2-1-3-10(13)9-14-11-5-7-12(8-6-11)19(16,17)18;;;;;;;/h2*1-9,15H,(H,16,17,18);;6*1H2/q;;+2;;;;;;/p+4. The predicted octanol–water partition coefficient (Wildman–Crippen LogP) is -1.44. The summed E-state index contributed by atoms with van der Waals surface area (Å²) in [4.78, 5) is 7.56. The number of phenols is 2. The Morgan fingerprint density at radius 1 is 0.489 bits per heavy atom. The molecule has 19 heteroatoms. The minimum absolute atomic E-state index is 0. The third-order valence-electron chi connectivity index (χ3n) is 4.83. The molecule has 0 spiro atoms. The molecule has 0 atom stereocenters. The van der Waals surface area contributed by atoms with Gasteiger partial charge in [-0.2, -0.15) is 0 Å². The maximum Gasteiger partial charge on any atom is 2.00 e. The van der Waals surface area contributed by atoms with E-state index in [4.69, 9.17) is 0 Å². The Labute approximate surface area is 268 Å². The van der Waals surface area contributed by atoms with E-state index in [9.17, 15) is 36.2 Å². The van der Waals surface area contributed by atoms with E-state index in [1.54, 1.807) is 36.4 Å². The van der Waals surface area contributed by atoms with Crippen molar-refractivity contribution in [1.82, 2.24) is 0 Å². The number of para-hydroxylation sites is 2. The second-order valence-electron chi connectivity index (χ2n) is 7.53. The van der Waals surface area contributed by atoms with Gasteiger partial charge >= 0.3 is 16.5 Å². The molecule has 4 aromatic carbocycles. The monoisotopic (exact) mass is 724 g/mol. The molecule has 0 aromatic heterocycles. The summed E-state index contributed by atoms with van der Waals surface area (Å²) in [7, 11) is -8.87. The van der Waals surface area contributed by atoms with E-state index in [1.807, 2.05) is 0 Å². The molecule has 0 aliphatic carbocycles. The number of phenolic OH excluding ortho intramolecular Hbond substituents is 2. The van der Waals surface area contributed by atoms with Gasteiger partial charge in [0.25, 0.3) is 0 Å². The molecule has 0 radical (unpaired) electrons. The van der Waals surface area contributed by atoms with Crippen LogP contribution in [0.25, 0.3) is 0 Å². The van der Waals surface area contributed by atoms with E-state index >= 15 is 0 Å². The van der Waals surface area contributed by atoms with E-state index in [-0.39, 0.29) is 70.6 Å². The maximum absolute atomic E-state index is 10.7. The van der Waals surface area contributed by atoms with Gasteiger partial charge in [0.1, 0.15) is 31.7 Å². The maximum atomic E-state index is 10.7. The molecule has 4 rings (SSSR count). The first kappa shape index (κ1) is 50.5. The Morgan fingerprint density at radius 2 is 0.756 bits per heavy atom. The van der Waals surface area contributed by atoms with Crippen LogP contribution in [0.1, 0.15) is 11.1 Å². The average Bonchev–Trinajstić information content (AvgIpc) is 2.88. The second kappa shape index (κ2) is 22.4. The smallest absolute Gasteiger partial charge is 0.744 e. The van der Waals surface area contributed by atoms with Crippen molar-refractivity contribution in [3.8, 4) is 11.5 Å². The van der Waals surface area contributed by atoms with Crippen LogP contribution in [0.15, 0.2) is 117 Å². The molecule has 0 aliphatic rings. The molecule has 0 amide bonds. The average molecular weight is 725 g/mol. The molecule has 0 heterocycles. The van der Waals surface area contributed by atoms with Crippen LogP contribution in [0.2, 0.25) is 0 Å². The minimum atomic E-state index is -4.44. The Bertz CT molecular complexity index is 1560. The van der Waals surface area contributed by atoms with E-state index in [0.717, 1.165) is 0 Å². The molecule has 0 unspecified atom stereocenters. The number of hydrogen-bond donors (Lipinski definition) is 2. The zero-order chi connectivity index (χ0) is 27.8. The number of aliphatic imine (C=N–C) groups is 2. The van der Waals surface area contributed by atoms with E-state index in [1.165, 1.54) is 73.1 Å². The van der Waals surface area contributed by atoms with Crippen LogP contribution in [-0.4, -0.2) is 48.6 Å². The van der Waals surface area contributed by atoms with Crippen LogP contribution in [-0.2, 0) is 69.6 Å². The van der Waals surface area contributed by atoms with Gasteiger partial charge in [0.2, 0.25) is 0 Å². The summed E-state index contributed by atoms with van der Waals surface area (Å²) >= 11 is 0. The normalized spacial score (nSPS) is 10.0. The third kappa shape index (κ3) is 16.0. The van der Waals surface area contributed by atoms with Crippen LogP contribution < -0.4 is 0 Å². The molecular formula is C26H38N2NiO14S2+6. The number of rotatable bonds is 6. The summed E-state index contributed by atoms with van der Waals surface area (Å²) in [6.45, 7) is 0. The van der Waals surface area contributed by atoms with Gasteiger partial charge in [0.15, 0.2) is 0 Å². The minimum Gasteiger partial charge on any atom is -0.744 e. The van der Waals surface area contributed by atoms with Crippen molar-refractivity contribution in [2.75, 3.05) is 0 Å². The SMILES string of the molecule is O=S(=O)([O-])c1ccc(N=Cc2ccccc2O)cc1.O=S(=O)([O-])c1ccc(N=Cc2ccccc2O)cc1.[Ni+2].[OH3+].[OH3+].[OH3+].[OH3+].[OH3+].[OH3+]. The van der Waals surface area contributed by atoms with Gasteiger partial charge in [-0.15, -0.1) is 0 Å². The summed E-state index contributed by atoms with van der Waals surface area (Å²) in [5.74, 6) is 0.204. The Hall–Kier alpha value is -4.11. The molecule has 16 nitrogen and oxygen atoms in total. The molecule has 0 aliphatic heterocycles. The topological polar surface area (TPSA) is 378 Å². The van der Waals surface area contributed by atoms with E-state index in [2.05, 4.69) is 9.98 Å². The van der Waals surface area contributed by atoms with Crippen molar-refractivity contribution >= 4 is 44.0 Å². The fraction of sp³-hybridized carbons (Fsp3) is 0. The van der Waals surface area contributed by atoms with Crippen LogP contribution in [0.5, 0.6) is 11.5 Å². The van der Waals surface area contributed by atoms with Crippen LogP contribution in [0.4, 0.5) is 11.4 Å². The van der Waals surface area contributed by atoms with Gasteiger partial charge in [-0.05, 0) is 72.8 Å². The largest absolute Gasteiger partial charge is 2.00 e. The number of nitrogens with zero attached hydrogens (tertiary/aromatic N) is 2. The summed E-state index contributed by atoms with van der Waals surface area (Å²) < 4.78 is 64.4. The van der Waals surface area contributed by atoms with Gasteiger partial charge in [0, 0.05) is 23.6 Å². The Kier molecular flexibility index (Phi) is 25.2. The number of benzene rings is 4. The van der Waals surface area contributed by atoms with Crippen molar-refractivity contribution in [3.63, 3.8) is 0 Å². The summed E-state index contributed by atoms with van der Waals surface area (Å²) in [6, 6.07) is 23.8. The number of hydrogen-bond acceptors (Lipinski definition) is 10. The van der Waals surface area contributed by atoms with Gasteiger partial charge in [-0.1, -0.05) is 24.3 Å². The molecule has 45 heavy (non-hydrogen) atoms. The molecule has 20 N–H and O–H groups in total. The second-order valence-corrected chi connectivity index (χ2v) is 10.3. The van der Waals surface area contributed by atoms with Gasteiger partial charge < -0.3 is 52.2 Å². The molecular weight excluding hydrogens is 687 g/mol. The Balaban J connectivity index is -0.000000205. The molecule has 4 aromatic rings. The zero-order valence-electron chi connectivity index (χ0n) is 23.2. The van der Waals surface area contributed by atoms with Crippen molar-refractivity contribution in [2.24, 2.45) is 9.98 Å². The van der Waals surface area contributed by atoms with Gasteiger partial charge in [-0.3, -0.25) is 9.98 Å². The van der Waals surface area contributed by atoms with Gasteiger partial charge in [-0.25, -0.2) is 16.8 Å². The van der Waals surface area contributed by atoms with Gasteiger partial charge in [0.05, 0.1) is 21.2 Å². The van der Waals surface area contributed by atoms with Crippen molar-refractivity contribution in [2.45, 2.75) is 9.79 Å². The summed E-state index contributed by atoms with van der Waals surface area (Å²) in [6.07, 6.45) is 2.91. The molecule has 0 saturated heterocycles.